The number of esters is 1. The van der Waals surface area contributed by atoms with Gasteiger partial charge >= 0.3 is 5.97 Å². The molecule has 2 rings (SSSR count). The Labute approximate surface area is 121 Å². The number of aromatic carboxylic acids is 1. The van der Waals surface area contributed by atoms with E-state index in [2.05, 4.69) is 4.74 Å². The monoisotopic (exact) mass is 280 g/mol. The second-order valence-corrected chi connectivity index (χ2v) is 4.24. The summed E-state index contributed by atoms with van der Waals surface area (Å²) in [4.78, 5) is 22.7. The summed E-state index contributed by atoms with van der Waals surface area (Å²) >= 11 is 0. The molecule has 0 fully saturated rings. The molecule has 2 aromatic rings. The fraction of sp³-hybridized carbons (Fsp3) is 0.0625. The van der Waals surface area contributed by atoms with Gasteiger partial charge in [-0.15, -0.1) is 0 Å². The number of ether oxygens (including phenoxy) is 1. The van der Waals surface area contributed by atoms with Crippen LogP contribution in [0.5, 0.6) is 0 Å². The van der Waals surface area contributed by atoms with Crippen molar-refractivity contribution in [2.45, 2.75) is 0 Å². The second kappa shape index (κ2) is 5.88. The predicted molar refractivity (Wildman–Crippen MR) is 72.3 cm³/mol. The van der Waals surface area contributed by atoms with Gasteiger partial charge in [0.15, 0.2) is 0 Å². The minimum atomic E-state index is -1.41. The van der Waals surface area contributed by atoms with Gasteiger partial charge in [0.1, 0.15) is 0 Å². The summed E-state index contributed by atoms with van der Waals surface area (Å²) in [6, 6.07) is 12.8. The molecule has 0 unspecified atom stereocenters. The molecule has 0 aromatic heterocycles. The van der Waals surface area contributed by atoms with E-state index < -0.39 is 11.9 Å². The van der Waals surface area contributed by atoms with Crippen molar-refractivity contribution < 1.29 is 19.4 Å². The first kappa shape index (κ1) is 14.3. The standard InChI is InChI=1S/C16H11NO4/c1-21-16(20)13-7-11(6-12(8-13)15(18)19)14-5-3-2-4-10(14)9-17/h2-8H,1H3,(H,18,19)/p-1. The number of nitrogens with zero attached hydrogens (tertiary/aromatic N) is 1. The molecule has 0 radical (unpaired) electrons. The number of carboxylic acids is 1. The Hall–Kier alpha value is -3.13. The van der Waals surface area contributed by atoms with E-state index in [0.29, 0.717) is 16.7 Å². The van der Waals surface area contributed by atoms with Crippen molar-refractivity contribution in [3.8, 4) is 17.2 Å². The van der Waals surface area contributed by atoms with E-state index in [9.17, 15) is 14.7 Å². The quantitative estimate of drug-likeness (QED) is 0.792. The molecule has 0 aliphatic rings. The van der Waals surface area contributed by atoms with E-state index in [0.717, 1.165) is 0 Å². The third-order valence-electron chi connectivity index (χ3n) is 2.95. The molecule has 0 bridgehead atoms. The molecule has 0 heterocycles. The topological polar surface area (TPSA) is 90.2 Å². The third-order valence-corrected chi connectivity index (χ3v) is 2.95. The molecule has 5 heteroatoms. The van der Waals surface area contributed by atoms with Gasteiger partial charge in [-0.3, -0.25) is 0 Å². The number of carbonyl (C=O) groups excluding carboxylic acids is 2. The zero-order valence-corrected chi connectivity index (χ0v) is 11.1. The number of hydrogen-bond acceptors (Lipinski definition) is 5. The normalized spacial score (nSPS) is 9.71. The third kappa shape index (κ3) is 2.90. The predicted octanol–water partition coefficient (Wildman–Crippen LogP) is 1.38. The van der Waals surface area contributed by atoms with Gasteiger partial charge in [0.25, 0.3) is 0 Å². The van der Waals surface area contributed by atoms with Crippen molar-refractivity contribution in [2.24, 2.45) is 0 Å². The van der Waals surface area contributed by atoms with E-state index in [4.69, 9.17) is 5.26 Å². The molecule has 21 heavy (non-hydrogen) atoms. The zero-order valence-electron chi connectivity index (χ0n) is 11.1. The SMILES string of the molecule is COC(=O)c1cc(C(=O)[O-])cc(-c2ccccc2C#N)c1. The molecule has 0 aliphatic carbocycles. The lowest BCUT2D eigenvalue weighted by molar-refractivity contribution is -0.255. The summed E-state index contributed by atoms with van der Waals surface area (Å²) < 4.78 is 4.60. The van der Waals surface area contributed by atoms with Gasteiger partial charge in [-0.25, -0.2) is 4.79 Å². The zero-order chi connectivity index (χ0) is 15.4. The van der Waals surface area contributed by atoms with Crippen molar-refractivity contribution >= 4 is 11.9 Å². The van der Waals surface area contributed by atoms with E-state index in [1.807, 2.05) is 6.07 Å². The van der Waals surface area contributed by atoms with Crippen LogP contribution in [0.15, 0.2) is 42.5 Å². The Kier molecular flexibility index (Phi) is 4.00. The molecular weight excluding hydrogens is 270 g/mol. The average Bonchev–Trinajstić information content (AvgIpc) is 2.53. The summed E-state index contributed by atoms with van der Waals surface area (Å²) in [7, 11) is 1.21. The highest BCUT2D eigenvalue weighted by molar-refractivity contribution is 5.96. The number of carbonyl (C=O) groups is 2. The first-order valence-corrected chi connectivity index (χ1v) is 6.01. The van der Waals surface area contributed by atoms with Crippen LogP contribution in [-0.4, -0.2) is 19.0 Å². The lowest BCUT2D eigenvalue weighted by Gasteiger charge is -2.10. The van der Waals surface area contributed by atoms with Crippen LogP contribution >= 0.6 is 0 Å². The van der Waals surface area contributed by atoms with E-state index in [1.54, 1.807) is 24.3 Å². The summed E-state index contributed by atoms with van der Waals surface area (Å²) in [5, 5.41) is 20.2. The maximum Gasteiger partial charge on any atom is 0.337 e. The van der Waals surface area contributed by atoms with Gasteiger partial charge in [0.05, 0.1) is 30.3 Å². The Bertz CT molecular complexity index is 759. The molecule has 0 spiro atoms. The highest BCUT2D eigenvalue weighted by Crippen LogP contribution is 2.26. The second-order valence-electron chi connectivity index (χ2n) is 4.24. The van der Waals surface area contributed by atoms with Gasteiger partial charge in [-0.2, -0.15) is 5.26 Å². The molecule has 0 saturated heterocycles. The number of rotatable bonds is 3. The van der Waals surface area contributed by atoms with Crippen LogP contribution in [0.25, 0.3) is 11.1 Å². The van der Waals surface area contributed by atoms with Crippen LogP contribution in [-0.2, 0) is 4.74 Å². The van der Waals surface area contributed by atoms with Crippen molar-refractivity contribution in [2.75, 3.05) is 7.11 Å². The van der Waals surface area contributed by atoms with Crippen LogP contribution < -0.4 is 5.11 Å². The summed E-state index contributed by atoms with van der Waals surface area (Å²) in [5.74, 6) is -2.06. The lowest BCUT2D eigenvalue weighted by atomic mass is 9.96. The van der Waals surface area contributed by atoms with Gasteiger partial charge in [-0.1, -0.05) is 18.2 Å². The minimum absolute atomic E-state index is 0.0851. The molecule has 0 atom stereocenters. The summed E-state index contributed by atoms with van der Waals surface area (Å²) in [6.07, 6.45) is 0. The average molecular weight is 280 g/mol. The molecular formula is C16H10NO4-. The van der Waals surface area contributed by atoms with Gasteiger partial charge in [-0.05, 0) is 41.0 Å². The Morgan fingerprint density at radius 2 is 1.81 bits per heavy atom. The van der Waals surface area contributed by atoms with E-state index >= 15 is 0 Å². The Balaban J connectivity index is 2.68. The van der Waals surface area contributed by atoms with Crippen molar-refractivity contribution in [1.82, 2.24) is 0 Å². The molecule has 0 amide bonds. The number of nitriles is 1. The van der Waals surface area contributed by atoms with Crippen LogP contribution in [0.1, 0.15) is 26.3 Å². The molecule has 0 saturated carbocycles. The van der Waals surface area contributed by atoms with Gasteiger partial charge in [0.2, 0.25) is 0 Å². The number of methoxy groups -OCH3 is 1. The van der Waals surface area contributed by atoms with Gasteiger partial charge in [0, 0.05) is 0 Å². The molecule has 0 N–H and O–H groups in total. The highest BCUT2D eigenvalue weighted by Gasteiger charge is 2.12. The summed E-state index contributed by atoms with van der Waals surface area (Å²) in [5.41, 5.74) is 1.29. The van der Waals surface area contributed by atoms with E-state index in [1.165, 1.54) is 25.3 Å². The smallest absolute Gasteiger partial charge is 0.337 e. The number of carboxylic acid groups (broad SMARTS) is 1. The number of benzene rings is 2. The fourth-order valence-corrected chi connectivity index (χ4v) is 1.97. The first-order chi connectivity index (χ1) is 10.1. The van der Waals surface area contributed by atoms with Crippen LogP contribution in [0, 0.1) is 11.3 Å². The van der Waals surface area contributed by atoms with Crippen LogP contribution in [0.2, 0.25) is 0 Å². The van der Waals surface area contributed by atoms with Gasteiger partial charge < -0.3 is 14.6 Å². The molecule has 0 aliphatic heterocycles. The first-order valence-electron chi connectivity index (χ1n) is 6.01. The molecule has 5 nitrogen and oxygen atoms in total. The Morgan fingerprint density at radius 1 is 1.14 bits per heavy atom. The number of hydrogen-bond donors (Lipinski definition) is 0. The molecule has 104 valence electrons. The minimum Gasteiger partial charge on any atom is -0.545 e. The van der Waals surface area contributed by atoms with Crippen molar-refractivity contribution in [3.05, 3.63) is 59.2 Å². The highest BCUT2D eigenvalue weighted by atomic mass is 16.5. The maximum absolute atomic E-state index is 11.6. The Morgan fingerprint density at radius 3 is 2.43 bits per heavy atom. The lowest BCUT2D eigenvalue weighted by Crippen LogP contribution is -2.22. The maximum atomic E-state index is 11.6. The van der Waals surface area contributed by atoms with Crippen molar-refractivity contribution in [1.29, 1.82) is 5.26 Å². The van der Waals surface area contributed by atoms with E-state index in [-0.39, 0.29) is 11.1 Å². The van der Waals surface area contributed by atoms with Crippen LogP contribution in [0.3, 0.4) is 0 Å². The van der Waals surface area contributed by atoms with Crippen LogP contribution in [0.4, 0.5) is 0 Å². The summed E-state index contributed by atoms with van der Waals surface area (Å²) in [6.45, 7) is 0. The fourth-order valence-electron chi connectivity index (χ4n) is 1.97. The largest absolute Gasteiger partial charge is 0.545 e. The van der Waals surface area contributed by atoms with Crippen molar-refractivity contribution in [3.63, 3.8) is 0 Å². The molecule has 2 aromatic carbocycles.